The van der Waals surface area contributed by atoms with E-state index in [0.29, 0.717) is 12.0 Å². The topological polar surface area (TPSA) is 78.4 Å². The lowest BCUT2D eigenvalue weighted by Crippen LogP contribution is -2.51. The third-order valence-corrected chi connectivity index (χ3v) is 4.01. The molecule has 5 heteroatoms. The molecule has 0 saturated carbocycles. The zero-order valence-corrected chi connectivity index (χ0v) is 13.5. The van der Waals surface area contributed by atoms with Gasteiger partial charge in [0, 0.05) is 24.1 Å². The monoisotopic (exact) mass is 316 g/mol. The summed E-state index contributed by atoms with van der Waals surface area (Å²) in [6.07, 6.45) is 4.51. The fraction of sp³-hybridized carbons (Fsp3) is 0.444. The highest BCUT2D eigenvalue weighted by atomic mass is 16.3. The Labute approximate surface area is 136 Å². The first-order valence-corrected chi connectivity index (χ1v) is 7.96. The van der Waals surface area contributed by atoms with Crippen LogP contribution in [0.25, 0.3) is 0 Å². The van der Waals surface area contributed by atoms with Crippen molar-refractivity contribution in [3.05, 3.63) is 48.0 Å². The number of nitrogens with one attached hydrogen (secondary N) is 2. The molecule has 3 N–H and O–H groups in total. The van der Waals surface area contributed by atoms with Gasteiger partial charge in [-0.15, -0.1) is 0 Å². The summed E-state index contributed by atoms with van der Waals surface area (Å²) in [4.78, 5) is 24.7. The van der Waals surface area contributed by atoms with E-state index in [9.17, 15) is 9.59 Å². The number of amides is 2. The predicted octanol–water partition coefficient (Wildman–Crippen LogP) is 1.49. The maximum absolute atomic E-state index is 12.5. The van der Waals surface area contributed by atoms with E-state index in [1.807, 2.05) is 32.1 Å². The zero-order chi connectivity index (χ0) is 16.8. The highest BCUT2D eigenvalue weighted by Crippen LogP contribution is 2.17. The highest BCUT2D eigenvalue weighted by Gasteiger charge is 2.27. The van der Waals surface area contributed by atoms with E-state index in [2.05, 4.69) is 10.6 Å². The molecule has 2 rings (SSSR count). The summed E-state index contributed by atoms with van der Waals surface area (Å²) in [5.74, 6) is -0.384. The van der Waals surface area contributed by atoms with Gasteiger partial charge in [0.05, 0.1) is 0 Å². The summed E-state index contributed by atoms with van der Waals surface area (Å²) >= 11 is 0. The first-order valence-electron chi connectivity index (χ1n) is 7.96. The van der Waals surface area contributed by atoms with E-state index in [-0.39, 0.29) is 36.3 Å². The molecule has 0 bridgehead atoms. The lowest BCUT2D eigenvalue weighted by atomic mass is 10.0. The first kappa shape index (κ1) is 17.2. The molecule has 23 heavy (non-hydrogen) atoms. The summed E-state index contributed by atoms with van der Waals surface area (Å²) in [7, 11) is 0. The fourth-order valence-electron chi connectivity index (χ4n) is 2.64. The minimum atomic E-state index is -0.593. The van der Waals surface area contributed by atoms with Crippen molar-refractivity contribution < 1.29 is 14.7 Å². The molecule has 1 aromatic carbocycles. The third kappa shape index (κ3) is 4.66. The van der Waals surface area contributed by atoms with Crippen molar-refractivity contribution in [2.75, 3.05) is 6.61 Å². The smallest absolute Gasteiger partial charge is 0.251 e. The Bertz CT molecular complexity index is 569. The van der Waals surface area contributed by atoms with Crippen molar-refractivity contribution in [3.63, 3.8) is 0 Å². The Morgan fingerprint density at radius 3 is 2.48 bits per heavy atom. The van der Waals surface area contributed by atoms with E-state index >= 15 is 0 Å². The number of carbonyl (C=O) groups excluding carboxylic acids is 2. The minimum absolute atomic E-state index is 0.0262. The van der Waals surface area contributed by atoms with Crippen LogP contribution in [0.1, 0.15) is 30.6 Å². The zero-order valence-electron chi connectivity index (χ0n) is 13.5. The molecule has 1 aliphatic carbocycles. The average Bonchev–Trinajstić information content (AvgIpc) is 3.00. The van der Waals surface area contributed by atoms with Crippen molar-refractivity contribution in [2.24, 2.45) is 11.8 Å². The second-order valence-corrected chi connectivity index (χ2v) is 6.24. The van der Waals surface area contributed by atoms with Crippen LogP contribution in [0.15, 0.2) is 42.5 Å². The molecule has 1 aromatic rings. The summed E-state index contributed by atoms with van der Waals surface area (Å²) in [6, 6.07) is 8.17. The SMILES string of the molecule is CC(C)[C@H](NC(=O)c1ccccc1)C(=O)N[C@@H]1C=C[C@H](CO)C1. The van der Waals surface area contributed by atoms with Crippen molar-refractivity contribution in [1.29, 1.82) is 0 Å². The Balaban J connectivity index is 1.97. The maximum atomic E-state index is 12.5. The lowest BCUT2D eigenvalue weighted by Gasteiger charge is -2.23. The van der Waals surface area contributed by atoms with E-state index in [1.165, 1.54) is 0 Å². The Morgan fingerprint density at radius 1 is 1.22 bits per heavy atom. The largest absolute Gasteiger partial charge is 0.396 e. The van der Waals surface area contributed by atoms with E-state index in [4.69, 9.17) is 5.11 Å². The van der Waals surface area contributed by atoms with Gasteiger partial charge in [0.25, 0.3) is 5.91 Å². The van der Waals surface area contributed by atoms with Gasteiger partial charge in [-0.1, -0.05) is 44.2 Å². The Morgan fingerprint density at radius 2 is 1.91 bits per heavy atom. The van der Waals surface area contributed by atoms with Crippen LogP contribution in [0.2, 0.25) is 0 Å². The van der Waals surface area contributed by atoms with Crippen LogP contribution >= 0.6 is 0 Å². The summed E-state index contributed by atoms with van der Waals surface area (Å²) in [5.41, 5.74) is 0.534. The number of carbonyl (C=O) groups is 2. The molecule has 3 atom stereocenters. The van der Waals surface area contributed by atoms with Crippen molar-refractivity contribution in [3.8, 4) is 0 Å². The van der Waals surface area contributed by atoms with Gasteiger partial charge in [-0.3, -0.25) is 9.59 Å². The van der Waals surface area contributed by atoms with Gasteiger partial charge in [0.15, 0.2) is 0 Å². The van der Waals surface area contributed by atoms with Crippen LogP contribution in [-0.4, -0.2) is 35.6 Å². The molecule has 0 aromatic heterocycles. The molecule has 0 spiro atoms. The van der Waals surface area contributed by atoms with E-state index in [1.54, 1.807) is 24.3 Å². The van der Waals surface area contributed by atoms with Crippen LogP contribution in [0.5, 0.6) is 0 Å². The van der Waals surface area contributed by atoms with Crippen LogP contribution in [0.3, 0.4) is 0 Å². The number of hydrogen-bond donors (Lipinski definition) is 3. The van der Waals surface area contributed by atoms with Crippen LogP contribution in [-0.2, 0) is 4.79 Å². The molecular formula is C18H24N2O3. The molecular weight excluding hydrogens is 292 g/mol. The molecule has 1 aliphatic rings. The summed E-state index contributed by atoms with van der Waals surface area (Å²) in [5, 5.41) is 14.9. The quantitative estimate of drug-likeness (QED) is 0.696. The summed E-state index contributed by atoms with van der Waals surface area (Å²) in [6.45, 7) is 3.88. The van der Waals surface area contributed by atoms with E-state index < -0.39 is 6.04 Å². The molecule has 0 radical (unpaired) electrons. The van der Waals surface area contributed by atoms with Gasteiger partial charge in [0.2, 0.25) is 5.91 Å². The summed E-state index contributed by atoms with van der Waals surface area (Å²) < 4.78 is 0. The number of hydrogen-bond acceptors (Lipinski definition) is 3. The number of aliphatic hydroxyl groups excluding tert-OH is 1. The van der Waals surface area contributed by atoms with Crippen LogP contribution in [0, 0.1) is 11.8 Å². The molecule has 5 nitrogen and oxygen atoms in total. The first-order chi connectivity index (χ1) is 11.0. The molecule has 0 saturated heterocycles. The molecule has 0 heterocycles. The lowest BCUT2D eigenvalue weighted by molar-refractivity contribution is -0.124. The van der Waals surface area contributed by atoms with Crippen molar-refractivity contribution in [2.45, 2.75) is 32.4 Å². The predicted molar refractivity (Wildman–Crippen MR) is 88.8 cm³/mol. The van der Waals surface area contributed by atoms with Crippen molar-refractivity contribution >= 4 is 11.8 Å². The minimum Gasteiger partial charge on any atom is -0.396 e. The normalized spacial score (nSPS) is 21.2. The maximum Gasteiger partial charge on any atom is 0.251 e. The van der Waals surface area contributed by atoms with Gasteiger partial charge >= 0.3 is 0 Å². The van der Waals surface area contributed by atoms with Crippen LogP contribution in [0.4, 0.5) is 0 Å². The van der Waals surface area contributed by atoms with Gasteiger partial charge in [0.1, 0.15) is 6.04 Å². The molecule has 0 aliphatic heterocycles. The average molecular weight is 316 g/mol. The van der Waals surface area contributed by atoms with Gasteiger partial charge in [-0.05, 0) is 24.5 Å². The van der Waals surface area contributed by atoms with E-state index in [0.717, 1.165) is 0 Å². The van der Waals surface area contributed by atoms with Crippen LogP contribution < -0.4 is 10.6 Å². The molecule has 124 valence electrons. The number of aliphatic hydroxyl groups is 1. The van der Waals surface area contributed by atoms with Gasteiger partial charge in [-0.2, -0.15) is 0 Å². The molecule has 0 unspecified atom stereocenters. The molecule has 2 amide bonds. The van der Waals surface area contributed by atoms with Crippen molar-refractivity contribution in [1.82, 2.24) is 10.6 Å². The Kier molecular flexibility index (Phi) is 5.93. The number of benzene rings is 1. The standard InChI is InChI=1S/C18H24N2O3/c1-12(2)16(20-17(22)14-6-4-3-5-7-14)18(23)19-15-9-8-13(10-15)11-21/h3-9,12-13,15-16,21H,10-11H2,1-2H3,(H,19,23)(H,20,22)/t13-,15+,16-/m0/s1. The third-order valence-electron chi connectivity index (χ3n) is 4.01. The Hall–Kier alpha value is -2.14. The highest BCUT2D eigenvalue weighted by molar-refractivity contribution is 5.97. The molecule has 0 fully saturated rings. The van der Waals surface area contributed by atoms with Gasteiger partial charge in [-0.25, -0.2) is 0 Å². The van der Waals surface area contributed by atoms with Gasteiger partial charge < -0.3 is 15.7 Å². The number of rotatable bonds is 6. The second kappa shape index (κ2) is 7.92. The fourth-order valence-corrected chi connectivity index (χ4v) is 2.64. The second-order valence-electron chi connectivity index (χ2n) is 6.24.